The monoisotopic (exact) mass is 779 g/mol. The molecule has 8 heteroatoms. The van der Waals surface area contributed by atoms with Crippen molar-refractivity contribution < 1.29 is 13.2 Å². The Labute approximate surface area is 341 Å². The Morgan fingerprint density at radius 1 is 0.383 bits per heavy atom. The summed E-state index contributed by atoms with van der Waals surface area (Å²) in [6, 6.07) is 57.5. The molecule has 0 spiro atoms. The molecule has 0 atom stereocenters. The minimum atomic E-state index is -4.80. The van der Waals surface area contributed by atoms with Crippen molar-refractivity contribution in [1.29, 1.82) is 15.8 Å². The number of fused-ring (bicyclic) bond motifs is 6. The summed E-state index contributed by atoms with van der Waals surface area (Å²) in [6.07, 6.45) is -4.80. The Morgan fingerprint density at radius 3 is 1.37 bits per heavy atom. The molecule has 2 aromatic heterocycles. The molecular formula is C52H28F3N5. The van der Waals surface area contributed by atoms with Gasteiger partial charge in [-0.2, -0.15) is 29.0 Å². The van der Waals surface area contributed by atoms with Crippen molar-refractivity contribution >= 4 is 43.6 Å². The van der Waals surface area contributed by atoms with Gasteiger partial charge in [0.25, 0.3) is 0 Å². The van der Waals surface area contributed by atoms with E-state index in [1.165, 1.54) is 12.1 Å². The Morgan fingerprint density at radius 2 is 0.850 bits per heavy atom. The van der Waals surface area contributed by atoms with Crippen molar-refractivity contribution in [1.82, 2.24) is 9.13 Å². The molecule has 0 aliphatic carbocycles. The third-order valence-corrected chi connectivity index (χ3v) is 11.3. The van der Waals surface area contributed by atoms with Gasteiger partial charge < -0.3 is 9.13 Å². The number of nitrogens with zero attached hydrogens (tertiary/aromatic N) is 5. The van der Waals surface area contributed by atoms with Crippen LogP contribution in [0.25, 0.3) is 88.4 Å². The third kappa shape index (κ3) is 5.69. The minimum Gasteiger partial charge on any atom is -0.307 e. The van der Waals surface area contributed by atoms with Crippen LogP contribution in [0.4, 0.5) is 13.2 Å². The van der Waals surface area contributed by atoms with Crippen LogP contribution in [0.2, 0.25) is 0 Å². The van der Waals surface area contributed by atoms with E-state index in [1.54, 1.807) is 42.5 Å². The van der Waals surface area contributed by atoms with E-state index in [1.807, 2.05) is 124 Å². The van der Waals surface area contributed by atoms with Crippen molar-refractivity contribution in [2.24, 2.45) is 0 Å². The largest absolute Gasteiger partial charge is 0.417 e. The molecule has 60 heavy (non-hydrogen) atoms. The van der Waals surface area contributed by atoms with Crippen LogP contribution < -0.4 is 0 Å². The van der Waals surface area contributed by atoms with E-state index in [9.17, 15) is 15.8 Å². The first-order valence-electron chi connectivity index (χ1n) is 19.1. The average Bonchev–Trinajstić information content (AvgIpc) is 3.80. The van der Waals surface area contributed by atoms with E-state index in [4.69, 9.17) is 0 Å². The molecule has 0 fully saturated rings. The molecule has 5 nitrogen and oxygen atoms in total. The molecule has 10 aromatic rings. The molecule has 8 aromatic carbocycles. The summed E-state index contributed by atoms with van der Waals surface area (Å²) in [5.74, 6) is 0. The lowest BCUT2D eigenvalue weighted by molar-refractivity contribution is -0.137. The Kier molecular flexibility index (Phi) is 8.35. The summed E-state index contributed by atoms with van der Waals surface area (Å²) in [7, 11) is 0. The van der Waals surface area contributed by atoms with Crippen molar-refractivity contribution in [2.45, 2.75) is 6.18 Å². The molecule has 2 heterocycles. The summed E-state index contributed by atoms with van der Waals surface area (Å²) in [5, 5.41) is 33.4. The lowest BCUT2D eigenvalue weighted by Crippen LogP contribution is -2.12. The number of rotatable bonds is 5. The van der Waals surface area contributed by atoms with Crippen LogP contribution in [0.15, 0.2) is 170 Å². The van der Waals surface area contributed by atoms with Gasteiger partial charge in [0.15, 0.2) is 0 Å². The van der Waals surface area contributed by atoms with Crippen molar-refractivity contribution in [3.05, 3.63) is 192 Å². The Balaban J connectivity index is 1.39. The minimum absolute atomic E-state index is 0.0836. The van der Waals surface area contributed by atoms with Crippen LogP contribution in [0.1, 0.15) is 22.3 Å². The maximum Gasteiger partial charge on any atom is 0.417 e. The fourth-order valence-corrected chi connectivity index (χ4v) is 8.62. The fraction of sp³-hybridized carbons (Fsp3) is 0.0192. The van der Waals surface area contributed by atoms with Crippen LogP contribution in [-0.2, 0) is 6.18 Å². The second-order valence-electron chi connectivity index (χ2n) is 14.6. The van der Waals surface area contributed by atoms with Gasteiger partial charge >= 0.3 is 6.18 Å². The maximum atomic E-state index is 15.7. The Bertz CT molecular complexity index is 3530. The lowest BCUT2D eigenvalue weighted by Gasteiger charge is -2.22. The fourth-order valence-electron chi connectivity index (χ4n) is 8.62. The standard InChI is InChI=1S/C52H28F3N5/c53-52(54,55)45-28-51(60-47-19-8-6-17-41(47)43-23-21-35(26-49(43)60)39-15-4-2-12-37(39)31-58)50(27-44(45)33-13-9-10-32(24-33)29-56)59-46-18-7-5-16-40(46)42-22-20-34(25-48(42)59)38-14-3-1-11-36(38)30-57/h1-28H. The van der Waals surface area contributed by atoms with Gasteiger partial charge in [-0.25, -0.2) is 0 Å². The number of benzene rings is 8. The number of hydrogen-bond acceptors (Lipinski definition) is 3. The molecule has 0 radical (unpaired) electrons. The number of alkyl halides is 3. The molecule has 0 aliphatic rings. The summed E-state index contributed by atoms with van der Waals surface area (Å²) >= 11 is 0. The molecule has 0 amide bonds. The summed E-state index contributed by atoms with van der Waals surface area (Å²) < 4.78 is 51.0. The highest BCUT2D eigenvalue weighted by molar-refractivity contribution is 6.13. The van der Waals surface area contributed by atoms with Crippen LogP contribution >= 0.6 is 0 Å². The van der Waals surface area contributed by atoms with E-state index in [2.05, 4.69) is 18.2 Å². The molecule has 10 rings (SSSR count). The molecule has 0 saturated heterocycles. The second-order valence-corrected chi connectivity index (χ2v) is 14.6. The van der Waals surface area contributed by atoms with Crippen LogP contribution in [0, 0.1) is 34.0 Å². The van der Waals surface area contributed by atoms with Gasteiger partial charge in [0.1, 0.15) is 0 Å². The quantitative estimate of drug-likeness (QED) is 0.174. The van der Waals surface area contributed by atoms with Gasteiger partial charge in [-0.1, -0.05) is 109 Å². The lowest BCUT2D eigenvalue weighted by atomic mass is 9.95. The zero-order valence-corrected chi connectivity index (χ0v) is 31.5. The molecule has 0 bridgehead atoms. The molecule has 0 saturated carbocycles. The highest BCUT2D eigenvalue weighted by Gasteiger charge is 2.36. The van der Waals surface area contributed by atoms with Crippen molar-refractivity contribution in [3.8, 4) is 63.0 Å². The molecule has 0 N–H and O–H groups in total. The first-order valence-corrected chi connectivity index (χ1v) is 19.1. The van der Waals surface area contributed by atoms with Crippen molar-refractivity contribution in [3.63, 3.8) is 0 Å². The number of hydrogen-bond donors (Lipinski definition) is 0. The molecule has 0 aliphatic heterocycles. The predicted octanol–water partition coefficient (Wildman–Crippen LogP) is 13.5. The normalized spacial score (nSPS) is 11.5. The second kappa shape index (κ2) is 13.9. The summed E-state index contributed by atoms with van der Waals surface area (Å²) in [4.78, 5) is 0. The van der Waals surface area contributed by atoms with E-state index in [0.717, 1.165) is 49.3 Å². The Hall–Kier alpha value is -8.38. The maximum absolute atomic E-state index is 15.7. The molecule has 0 unspecified atom stereocenters. The predicted molar refractivity (Wildman–Crippen MR) is 231 cm³/mol. The number of aromatic nitrogens is 2. The first kappa shape index (κ1) is 36.0. The summed E-state index contributed by atoms with van der Waals surface area (Å²) in [6.45, 7) is 0. The molecular weight excluding hydrogens is 752 g/mol. The topological polar surface area (TPSA) is 81.2 Å². The van der Waals surface area contributed by atoms with Crippen LogP contribution in [0.5, 0.6) is 0 Å². The van der Waals surface area contributed by atoms with E-state index in [-0.39, 0.29) is 22.4 Å². The van der Waals surface area contributed by atoms with Crippen LogP contribution in [-0.4, -0.2) is 9.13 Å². The zero-order chi connectivity index (χ0) is 41.1. The van der Waals surface area contributed by atoms with Gasteiger partial charge in [0, 0.05) is 21.5 Å². The van der Waals surface area contributed by atoms with Crippen molar-refractivity contribution in [2.75, 3.05) is 0 Å². The van der Waals surface area contributed by atoms with Gasteiger partial charge in [-0.3, -0.25) is 0 Å². The van der Waals surface area contributed by atoms with E-state index >= 15 is 13.2 Å². The third-order valence-electron chi connectivity index (χ3n) is 11.3. The number of halogens is 3. The number of para-hydroxylation sites is 2. The number of nitriles is 3. The average molecular weight is 780 g/mol. The summed E-state index contributed by atoms with van der Waals surface area (Å²) in [5.41, 5.74) is 7.01. The highest BCUT2D eigenvalue weighted by atomic mass is 19.4. The first-order chi connectivity index (χ1) is 29.3. The smallest absolute Gasteiger partial charge is 0.307 e. The molecule has 282 valence electrons. The van der Waals surface area contributed by atoms with Gasteiger partial charge in [-0.15, -0.1) is 0 Å². The van der Waals surface area contributed by atoms with Gasteiger partial charge in [0.05, 0.1) is 73.9 Å². The SMILES string of the molecule is N#Cc1cccc(-c2cc(-n3c4ccccc4c4ccc(-c5ccccc5C#N)cc43)c(-n3c4ccccc4c4ccc(-c5ccccc5C#N)cc43)cc2C(F)(F)F)c1. The van der Waals surface area contributed by atoms with E-state index in [0.29, 0.717) is 33.4 Å². The van der Waals surface area contributed by atoms with Gasteiger partial charge in [-0.05, 0) is 94.0 Å². The van der Waals surface area contributed by atoms with E-state index < -0.39 is 11.7 Å². The van der Waals surface area contributed by atoms with Crippen LogP contribution in [0.3, 0.4) is 0 Å². The highest BCUT2D eigenvalue weighted by Crippen LogP contribution is 2.46. The van der Waals surface area contributed by atoms with Gasteiger partial charge in [0.2, 0.25) is 0 Å². The zero-order valence-electron chi connectivity index (χ0n) is 31.5.